The molecule has 0 fully saturated rings. The maximum absolute atomic E-state index is 11.4. The molecule has 6 heteroatoms. The topological polar surface area (TPSA) is 64.3 Å². The Labute approximate surface area is 114 Å². The number of hydrogen-bond acceptors (Lipinski definition) is 4. The van der Waals surface area contributed by atoms with Gasteiger partial charge in [-0.25, -0.2) is 4.68 Å². The predicted octanol–water partition coefficient (Wildman–Crippen LogP) is 1.89. The summed E-state index contributed by atoms with van der Waals surface area (Å²) in [6.45, 7) is 4.79. The van der Waals surface area contributed by atoms with Gasteiger partial charge in [0.1, 0.15) is 0 Å². The molecule has 2 rings (SSSR count). The molecule has 1 aromatic carbocycles. The van der Waals surface area contributed by atoms with Crippen molar-refractivity contribution in [3.8, 4) is 5.69 Å². The lowest BCUT2D eigenvalue weighted by molar-refractivity contribution is -0.116. The molecule has 5 nitrogen and oxygen atoms in total. The number of rotatable bonds is 2. The van der Waals surface area contributed by atoms with Gasteiger partial charge in [0.15, 0.2) is 10.8 Å². The minimum atomic E-state index is -0.320. The van der Waals surface area contributed by atoms with Crippen LogP contribution in [-0.2, 0) is 4.79 Å². The monoisotopic (exact) mass is 275 g/mol. The van der Waals surface area contributed by atoms with Crippen LogP contribution >= 0.6 is 11.3 Å². The lowest BCUT2D eigenvalue weighted by atomic mass is 10.2. The van der Waals surface area contributed by atoms with E-state index in [1.54, 1.807) is 0 Å². The van der Waals surface area contributed by atoms with Crippen LogP contribution in [0.3, 0.4) is 0 Å². The number of carbonyl (C=O) groups is 2. The zero-order valence-electron chi connectivity index (χ0n) is 10.9. The Morgan fingerprint density at radius 3 is 2.37 bits per heavy atom. The average molecular weight is 275 g/mol. The molecule has 0 saturated carbocycles. The highest BCUT2D eigenvalue weighted by Crippen LogP contribution is 2.09. The Bertz CT molecular complexity index is 695. The minimum Gasteiger partial charge on any atom is -0.292 e. The first-order valence-electron chi connectivity index (χ1n) is 5.71. The van der Waals surface area contributed by atoms with E-state index in [1.807, 2.05) is 31.2 Å². The van der Waals surface area contributed by atoms with Crippen molar-refractivity contribution >= 4 is 23.0 Å². The largest absolute Gasteiger partial charge is 0.292 e. The summed E-state index contributed by atoms with van der Waals surface area (Å²) in [6.07, 6.45) is 0. The fourth-order valence-corrected chi connectivity index (χ4v) is 2.33. The number of aryl methyl sites for hydroxylation is 1. The minimum absolute atomic E-state index is 0.143. The summed E-state index contributed by atoms with van der Waals surface area (Å²) >= 11 is 1.11. The molecule has 1 heterocycles. The van der Waals surface area contributed by atoms with Gasteiger partial charge in [0, 0.05) is 13.8 Å². The van der Waals surface area contributed by atoms with E-state index in [0.717, 1.165) is 22.6 Å². The molecule has 19 heavy (non-hydrogen) atoms. The van der Waals surface area contributed by atoms with Crippen LogP contribution in [0.15, 0.2) is 29.3 Å². The van der Waals surface area contributed by atoms with Crippen LogP contribution in [-0.4, -0.2) is 21.5 Å². The second-order valence-electron chi connectivity index (χ2n) is 4.12. The Balaban J connectivity index is 2.64. The van der Waals surface area contributed by atoms with Gasteiger partial charge >= 0.3 is 0 Å². The highest BCUT2D eigenvalue weighted by atomic mass is 32.1. The maximum atomic E-state index is 11.4. The van der Waals surface area contributed by atoms with Crippen LogP contribution in [0.5, 0.6) is 0 Å². The number of amides is 1. The van der Waals surface area contributed by atoms with E-state index in [1.165, 1.54) is 18.5 Å². The van der Waals surface area contributed by atoms with Gasteiger partial charge in [0.05, 0.1) is 5.69 Å². The highest BCUT2D eigenvalue weighted by Gasteiger charge is 2.10. The fourth-order valence-electron chi connectivity index (χ4n) is 1.49. The molecule has 2 aromatic rings. The summed E-state index contributed by atoms with van der Waals surface area (Å²) in [7, 11) is 0. The first kappa shape index (κ1) is 13.4. The molecule has 0 saturated heterocycles. The van der Waals surface area contributed by atoms with Gasteiger partial charge < -0.3 is 0 Å². The van der Waals surface area contributed by atoms with Crippen LogP contribution < -0.4 is 4.80 Å². The number of hydrogen-bond donors (Lipinski definition) is 0. The van der Waals surface area contributed by atoms with E-state index in [-0.39, 0.29) is 11.7 Å². The second kappa shape index (κ2) is 5.27. The Morgan fingerprint density at radius 1 is 1.21 bits per heavy atom. The zero-order chi connectivity index (χ0) is 14.0. The SMILES string of the molecule is CC(=O)N=c1sc(C(C)=O)nn1-c1ccc(C)cc1. The first-order chi connectivity index (χ1) is 8.97. The van der Waals surface area contributed by atoms with E-state index >= 15 is 0 Å². The molecule has 0 aliphatic heterocycles. The molecule has 0 atom stereocenters. The summed E-state index contributed by atoms with van der Waals surface area (Å²) in [5.41, 5.74) is 1.89. The Morgan fingerprint density at radius 2 is 1.84 bits per heavy atom. The first-order valence-corrected chi connectivity index (χ1v) is 6.52. The quantitative estimate of drug-likeness (QED) is 0.786. The van der Waals surface area contributed by atoms with Crippen molar-refractivity contribution in [2.24, 2.45) is 4.99 Å². The van der Waals surface area contributed by atoms with Crippen molar-refractivity contribution in [1.29, 1.82) is 0 Å². The second-order valence-corrected chi connectivity index (χ2v) is 5.08. The van der Waals surface area contributed by atoms with Crippen molar-refractivity contribution < 1.29 is 9.59 Å². The zero-order valence-corrected chi connectivity index (χ0v) is 11.7. The number of benzene rings is 1. The van der Waals surface area contributed by atoms with Crippen molar-refractivity contribution in [2.45, 2.75) is 20.8 Å². The smallest absolute Gasteiger partial charge is 0.245 e. The molecule has 98 valence electrons. The summed E-state index contributed by atoms with van der Waals surface area (Å²) in [6, 6.07) is 7.62. The van der Waals surface area contributed by atoms with Crippen molar-refractivity contribution in [1.82, 2.24) is 9.78 Å². The van der Waals surface area contributed by atoms with Gasteiger partial charge in [-0.05, 0) is 19.1 Å². The molecule has 0 aliphatic rings. The third-order valence-electron chi connectivity index (χ3n) is 2.39. The molecule has 0 aliphatic carbocycles. The lowest BCUT2D eigenvalue weighted by Crippen LogP contribution is -2.15. The van der Waals surface area contributed by atoms with E-state index < -0.39 is 0 Å². The third kappa shape index (κ3) is 3.03. The van der Waals surface area contributed by atoms with Crippen LogP contribution in [0.4, 0.5) is 0 Å². The van der Waals surface area contributed by atoms with Gasteiger partial charge in [-0.15, -0.1) is 0 Å². The highest BCUT2D eigenvalue weighted by molar-refractivity contribution is 7.11. The van der Waals surface area contributed by atoms with Gasteiger partial charge in [-0.1, -0.05) is 29.0 Å². The molecular formula is C13H13N3O2S. The van der Waals surface area contributed by atoms with Gasteiger partial charge in [-0.2, -0.15) is 10.1 Å². The van der Waals surface area contributed by atoms with E-state index in [4.69, 9.17) is 0 Å². The third-order valence-corrected chi connectivity index (χ3v) is 3.40. The van der Waals surface area contributed by atoms with Gasteiger partial charge in [-0.3, -0.25) is 9.59 Å². The van der Waals surface area contributed by atoms with Crippen LogP contribution in [0.1, 0.15) is 29.2 Å². The van der Waals surface area contributed by atoms with E-state index in [2.05, 4.69) is 10.1 Å². The molecule has 0 radical (unpaired) electrons. The number of aromatic nitrogens is 2. The predicted molar refractivity (Wildman–Crippen MR) is 72.4 cm³/mol. The summed E-state index contributed by atoms with van der Waals surface area (Å²) in [5.74, 6) is -0.463. The number of nitrogens with zero attached hydrogens (tertiary/aromatic N) is 3. The Kier molecular flexibility index (Phi) is 3.71. The Hall–Kier alpha value is -2.08. The van der Waals surface area contributed by atoms with Crippen molar-refractivity contribution in [3.63, 3.8) is 0 Å². The summed E-state index contributed by atoms with van der Waals surface area (Å²) < 4.78 is 1.52. The molecule has 0 spiro atoms. The summed E-state index contributed by atoms with van der Waals surface area (Å²) in [4.78, 5) is 26.8. The van der Waals surface area contributed by atoms with Crippen molar-refractivity contribution in [3.05, 3.63) is 39.6 Å². The number of carbonyl (C=O) groups excluding carboxylic acids is 2. The normalized spacial score (nSPS) is 11.6. The molecular weight excluding hydrogens is 262 g/mol. The molecule has 0 N–H and O–H groups in total. The molecule has 0 unspecified atom stereocenters. The molecule has 1 aromatic heterocycles. The molecule has 0 bridgehead atoms. The average Bonchev–Trinajstić information content (AvgIpc) is 2.73. The standard InChI is InChI=1S/C13H13N3O2S/c1-8-4-6-11(7-5-8)16-13(14-10(3)18)19-12(15-16)9(2)17/h4-7H,1-3H3. The van der Waals surface area contributed by atoms with Gasteiger partial charge in [0.25, 0.3) is 0 Å². The van der Waals surface area contributed by atoms with Crippen molar-refractivity contribution in [2.75, 3.05) is 0 Å². The van der Waals surface area contributed by atoms with Crippen LogP contribution in [0, 0.1) is 6.92 Å². The summed E-state index contributed by atoms with van der Waals surface area (Å²) in [5, 5.41) is 4.54. The fraction of sp³-hybridized carbons (Fsp3) is 0.231. The van der Waals surface area contributed by atoms with E-state index in [9.17, 15) is 9.59 Å². The van der Waals surface area contributed by atoms with Gasteiger partial charge in [0.2, 0.25) is 10.7 Å². The number of ketones is 1. The van der Waals surface area contributed by atoms with Crippen LogP contribution in [0.2, 0.25) is 0 Å². The number of Topliss-reactive ketones (excluding diaryl/α,β-unsaturated/α-hetero) is 1. The lowest BCUT2D eigenvalue weighted by Gasteiger charge is -2.00. The van der Waals surface area contributed by atoms with Crippen LogP contribution in [0.25, 0.3) is 5.69 Å². The molecule has 1 amide bonds. The van der Waals surface area contributed by atoms with E-state index in [0.29, 0.717) is 9.81 Å². The maximum Gasteiger partial charge on any atom is 0.245 e.